The predicted octanol–water partition coefficient (Wildman–Crippen LogP) is 3.13. The Morgan fingerprint density at radius 2 is 1.70 bits per heavy atom. The summed E-state index contributed by atoms with van der Waals surface area (Å²) in [6.45, 7) is 4.82. The highest BCUT2D eigenvalue weighted by atomic mass is 35.5. The van der Waals surface area contributed by atoms with Gasteiger partial charge >= 0.3 is 5.37 Å². The van der Waals surface area contributed by atoms with Gasteiger partial charge in [0.2, 0.25) is 5.88 Å². The van der Waals surface area contributed by atoms with E-state index < -0.39 is 5.37 Å². The van der Waals surface area contributed by atoms with E-state index in [4.69, 9.17) is 26.1 Å². The summed E-state index contributed by atoms with van der Waals surface area (Å²) in [5, 5.41) is -0.392. The van der Waals surface area contributed by atoms with Crippen molar-refractivity contribution in [1.82, 2.24) is 14.8 Å². The average molecular weight is 434 g/mol. The summed E-state index contributed by atoms with van der Waals surface area (Å²) in [7, 11) is 0. The van der Waals surface area contributed by atoms with Crippen LogP contribution in [0.15, 0.2) is 12.1 Å². The van der Waals surface area contributed by atoms with Gasteiger partial charge in [0.15, 0.2) is 0 Å². The fourth-order valence-electron chi connectivity index (χ4n) is 4.91. The van der Waals surface area contributed by atoms with E-state index in [1.54, 1.807) is 11.0 Å². The van der Waals surface area contributed by atoms with Gasteiger partial charge in [0, 0.05) is 74.5 Å². The lowest BCUT2D eigenvalue weighted by Gasteiger charge is -2.23. The third kappa shape index (κ3) is 4.28. The van der Waals surface area contributed by atoms with Crippen LogP contribution in [0.25, 0.3) is 0 Å². The molecule has 8 heteroatoms. The van der Waals surface area contributed by atoms with E-state index in [1.807, 2.05) is 11.0 Å². The SMILES string of the molecule is O=C(Cl)N1C[C@H]2CN(C(=O)c3cc(OCC4CCOCC4)nc(C4CC4)c3)C[C@@H]2C1. The Balaban J connectivity index is 1.27. The number of fused-ring (bicyclic) bond motifs is 1. The van der Waals surface area contributed by atoms with Crippen molar-refractivity contribution in [2.75, 3.05) is 46.0 Å². The molecule has 1 aromatic rings. The number of ether oxygens (including phenoxy) is 2. The topological polar surface area (TPSA) is 72.0 Å². The first kappa shape index (κ1) is 20.1. The largest absolute Gasteiger partial charge is 0.477 e. The maximum Gasteiger partial charge on any atom is 0.316 e. The number of carbonyl (C=O) groups excluding carboxylic acids is 2. The Hall–Kier alpha value is -1.86. The number of hydrogen-bond acceptors (Lipinski definition) is 5. The number of amides is 2. The normalized spacial score (nSPS) is 26.7. The van der Waals surface area contributed by atoms with Crippen molar-refractivity contribution in [2.24, 2.45) is 17.8 Å². The molecule has 0 spiro atoms. The second kappa shape index (κ2) is 8.35. The number of hydrogen-bond donors (Lipinski definition) is 0. The van der Waals surface area contributed by atoms with E-state index in [0.717, 1.165) is 44.6 Å². The van der Waals surface area contributed by atoms with Crippen LogP contribution in [0.2, 0.25) is 0 Å². The van der Waals surface area contributed by atoms with Gasteiger partial charge in [-0.15, -0.1) is 0 Å². The van der Waals surface area contributed by atoms with Crippen LogP contribution in [0.1, 0.15) is 47.7 Å². The summed E-state index contributed by atoms with van der Waals surface area (Å²) in [4.78, 5) is 33.0. The van der Waals surface area contributed by atoms with E-state index in [-0.39, 0.29) is 5.91 Å². The molecule has 7 nitrogen and oxygen atoms in total. The molecule has 0 N–H and O–H groups in total. The summed E-state index contributed by atoms with van der Waals surface area (Å²) >= 11 is 5.63. The van der Waals surface area contributed by atoms with Gasteiger partial charge in [0.25, 0.3) is 5.91 Å². The van der Waals surface area contributed by atoms with E-state index in [0.29, 0.717) is 67.9 Å². The number of pyridine rings is 1. The van der Waals surface area contributed by atoms with E-state index in [9.17, 15) is 9.59 Å². The highest BCUT2D eigenvalue weighted by molar-refractivity contribution is 6.62. The number of rotatable bonds is 5. The molecule has 1 aliphatic carbocycles. The molecule has 162 valence electrons. The zero-order chi connectivity index (χ0) is 20.7. The summed E-state index contributed by atoms with van der Waals surface area (Å²) in [5.41, 5.74) is 1.64. The third-order valence-corrected chi connectivity index (χ3v) is 7.13. The molecular weight excluding hydrogens is 406 g/mol. The van der Waals surface area contributed by atoms with Crippen LogP contribution in [0.4, 0.5) is 4.79 Å². The second-order valence-electron chi connectivity index (χ2n) is 9.15. The van der Waals surface area contributed by atoms with Gasteiger partial charge in [-0.05, 0) is 49.3 Å². The molecule has 2 amide bonds. The summed E-state index contributed by atoms with van der Waals surface area (Å²) in [6, 6.07) is 3.75. The van der Waals surface area contributed by atoms with Crippen molar-refractivity contribution in [2.45, 2.75) is 31.6 Å². The molecule has 2 atom stereocenters. The minimum atomic E-state index is -0.392. The quantitative estimate of drug-likeness (QED) is 0.527. The first-order valence-electron chi connectivity index (χ1n) is 11.0. The molecule has 1 saturated carbocycles. The minimum Gasteiger partial charge on any atom is -0.477 e. The Morgan fingerprint density at radius 1 is 1.03 bits per heavy atom. The maximum absolute atomic E-state index is 13.3. The van der Waals surface area contributed by atoms with Crippen molar-refractivity contribution in [3.8, 4) is 5.88 Å². The number of nitrogens with zero attached hydrogens (tertiary/aromatic N) is 3. The Bertz CT molecular complexity index is 811. The van der Waals surface area contributed by atoms with Gasteiger partial charge in [-0.3, -0.25) is 9.59 Å². The monoisotopic (exact) mass is 433 g/mol. The second-order valence-corrected chi connectivity index (χ2v) is 9.47. The summed E-state index contributed by atoms with van der Waals surface area (Å²) in [6.07, 6.45) is 4.26. The van der Waals surface area contributed by atoms with Gasteiger partial charge in [0.05, 0.1) is 6.61 Å². The fourth-order valence-corrected chi connectivity index (χ4v) is 5.05. The maximum atomic E-state index is 13.3. The van der Waals surface area contributed by atoms with Crippen LogP contribution in [0.3, 0.4) is 0 Å². The van der Waals surface area contributed by atoms with Crippen molar-refractivity contribution >= 4 is 22.9 Å². The van der Waals surface area contributed by atoms with E-state index in [1.165, 1.54) is 0 Å². The fraction of sp³-hybridized carbons (Fsp3) is 0.682. The number of aromatic nitrogens is 1. The average Bonchev–Trinajstić information content (AvgIpc) is 3.41. The van der Waals surface area contributed by atoms with Crippen LogP contribution in [0, 0.1) is 17.8 Å². The zero-order valence-electron chi connectivity index (χ0n) is 17.1. The number of carbonyl (C=O) groups is 2. The lowest BCUT2D eigenvalue weighted by atomic mass is 10.0. The van der Waals surface area contributed by atoms with Crippen molar-refractivity contribution in [3.05, 3.63) is 23.4 Å². The molecule has 5 rings (SSSR count). The molecule has 3 saturated heterocycles. The van der Waals surface area contributed by atoms with Crippen LogP contribution >= 0.6 is 11.6 Å². The Morgan fingerprint density at radius 3 is 2.33 bits per heavy atom. The molecule has 30 heavy (non-hydrogen) atoms. The highest BCUT2D eigenvalue weighted by Gasteiger charge is 2.43. The molecule has 0 radical (unpaired) electrons. The van der Waals surface area contributed by atoms with Crippen molar-refractivity contribution < 1.29 is 19.1 Å². The lowest BCUT2D eigenvalue weighted by molar-refractivity contribution is 0.0490. The van der Waals surface area contributed by atoms with Crippen LogP contribution < -0.4 is 4.74 Å². The summed E-state index contributed by atoms with van der Waals surface area (Å²) < 4.78 is 11.5. The van der Waals surface area contributed by atoms with E-state index in [2.05, 4.69) is 0 Å². The molecular formula is C22H28ClN3O4. The number of halogens is 1. The minimum absolute atomic E-state index is 0.0355. The van der Waals surface area contributed by atoms with Gasteiger partial charge in [-0.25, -0.2) is 4.98 Å². The van der Waals surface area contributed by atoms with Gasteiger partial charge < -0.3 is 19.3 Å². The highest BCUT2D eigenvalue weighted by Crippen LogP contribution is 2.40. The third-order valence-electron chi connectivity index (χ3n) is 6.89. The predicted molar refractivity (Wildman–Crippen MR) is 111 cm³/mol. The van der Waals surface area contributed by atoms with Gasteiger partial charge in [-0.1, -0.05) is 0 Å². The van der Waals surface area contributed by atoms with Crippen LogP contribution in [0.5, 0.6) is 5.88 Å². The Labute approximate surface area is 181 Å². The molecule has 4 fully saturated rings. The van der Waals surface area contributed by atoms with Gasteiger partial charge in [0.1, 0.15) is 0 Å². The number of likely N-dealkylation sites (tertiary alicyclic amines) is 2. The molecule has 0 bridgehead atoms. The van der Waals surface area contributed by atoms with E-state index >= 15 is 0 Å². The molecule has 3 aliphatic heterocycles. The van der Waals surface area contributed by atoms with Crippen LogP contribution in [-0.2, 0) is 4.74 Å². The molecule has 4 aliphatic rings. The standard InChI is InChI=1S/C22H28ClN3O4/c23-22(28)26-11-17-9-25(10-18(17)12-26)21(27)16-7-19(15-1-2-15)24-20(8-16)30-13-14-3-5-29-6-4-14/h7-8,14-15,17-18H,1-6,9-13H2/t17-,18-/m1/s1. The molecule has 1 aromatic heterocycles. The van der Waals surface area contributed by atoms with Crippen molar-refractivity contribution in [3.63, 3.8) is 0 Å². The smallest absolute Gasteiger partial charge is 0.316 e. The van der Waals surface area contributed by atoms with Crippen LogP contribution in [-0.4, -0.2) is 72.1 Å². The molecule has 4 heterocycles. The first-order valence-corrected chi connectivity index (χ1v) is 11.4. The zero-order valence-corrected chi connectivity index (χ0v) is 17.9. The lowest BCUT2D eigenvalue weighted by Crippen LogP contribution is -2.34. The van der Waals surface area contributed by atoms with Crippen molar-refractivity contribution in [1.29, 1.82) is 0 Å². The van der Waals surface area contributed by atoms with Gasteiger partial charge in [-0.2, -0.15) is 0 Å². The Kier molecular flexibility index (Phi) is 5.58. The summed E-state index contributed by atoms with van der Waals surface area (Å²) in [5.74, 6) is 2.15. The molecule has 0 unspecified atom stereocenters. The first-order chi connectivity index (χ1) is 14.6. The molecule has 0 aromatic carbocycles.